The van der Waals surface area contributed by atoms with Crippen LogP contribution in [0.15, 0.2) is 18.2 Å². The third-order valence-corrected chi connectivity index (χ3v) is 2.63. The molecule has 0 aromatic heterocycles. The normalized spacial score (nSPS) is 13.8. The van der Waals surface area contributed by atoms with Crippen LogP contribution < -0.4 is 15.9 Å². The Morgan fingerprint density at radius 1 is 1.50 bits per heavy atom. The standard InChI is InChI=1S/C11H16BNO5/c1-11(13,10(14)15)6-7-3-4-9(18-2)8(5-7)12(16)17/h3-5,16-17H,6,13H2,1-2H3,(H,14,15)/t11-/m0/s1. The second kappa shape index (κ2) is 5.39. The molecule has 1 aromatic carbocycles. The first-order valence-electron chi connectivity index (χ1n) is 5.33. The maximum absolute atomic E-state index is 10.9. The fraction of sp³-hybridized carbons (Fsp3) is 0.364. The van der Waals surface area contributed by atoms with E-state index in [2.05, 4.69) is 0 Å². The Hall–Kier alpha value is -1.57. The Balaban J connectivity index is 3.06. The number of carboxylic acids is 1. The second-order valence-corrected chi connectivity index (χ2v) is 4.35. The van der Waals surface area contributed by atoms with Gasteiger partial charge in [-0.15, -0.1) is 0 Å². The van der Waals surface area contributed by atoms with Gasteiger partial charge in [-0.2, -0.15) is 0 Å². The zero-order chi connectivity index (χ0) is 13.9. The Kier molecular flexibility index (Phi) is 4.34. The summed E-state index contributed by atoms with van der Waals surface area (Å²) in [6.45, 7) is 1.40. The number of hydrogen-bond acceptors (Lipinski definition) is 5. The monoisotopic (exact) mass is 253 g/mol. The van der Waals surface area contributed by atoms with Gasteiger partial charge < -0.3 is 25.6 Å². The van der Waals surface area contributed by atoms with Gasteiger partial charge in [-0.05, 0) is 18.6 Å². The van der Waals surface area contributed by atoms with Crippen molar-refractivity contribution in [2.24, 2.45) is 5.73 Å². The zero-order valence-electron chi connectivity index (χ0n) is 10.3. The lowest BCUT2D eigenvalue weighted by Gasteiger charge is -2.20. The van der Waals surface area contributed by atoms with E-state index in [1.807, 2.05) is 0 Å². The predicted octanol–water partition coefficient (Wildman–Crippen LogP) is -1.28. The molecule has 0 bridgehead atoms. The lowest BCUT2D eigenvalue weighted by Crippen LogP contribution is -2.47. The summed E-state index contributed by atoms with van der Waals surface area (Å²) < 4.78 is 4.97. The second-order valence-electron chi connectivity index (χ2n) is 4.35. The molecule has 18 heavy (non-hydrogen) atoms. The summed E-state index contributed by atoms with van der Waals surface area (Å²) in [6.07, 6.45) is 0.0754. The van der Waals surface area contributed by atoms with E-state index in [0.717, 1.165) is 0 Å². The molecule has 1 rings (SSSR count). The maximum Gasteiger partial charge on any atom is 0.492 e. The quantitative estimate of drug-likeness (QED) is 0.486. The highest BCUT2D eigenvalue weighted by Crippen LogP contribution is 2.15. The van der Waals surface area contributed by atoms with Crippen LogP contribution in [0.25, 0.3) is 0 Å². The third kappa shape index (κ3) is 3.22. The molecule has 0 aliphatic heterocycles. The molecule has 1 atom stereocenters. The summed E-state index contributed by atoms with van der Waals surface area (Å²) in [4.78, 5) is 10.9. The van der Waals surface area contributed by atoms with Gasteiger partial charge >= 0.3 is 13.1 Å². The predicted molar refractivity (Wildman–Crippen MR) is 66.8 cm³/mol. The molecule has 0 amide bonds. The Labute approximate surface area is 105 Å². The molecule has 7 heteroatoms. The van der Waals surface area contributed by atoms with Crippen LogP contribution >= 0.6 is 0 Å². The van der Waals surface area contributed by atoms with E-state index in [1.54, 1.807) is 12.1 Å². The lowest BCUT2D eigenvalue weighted by atomic mass is 9.77. The van der Waals surface area contributed by atoms with Gasteiger partial charge in [0.15, 0.2) is 0 Å². The van der Waals surface area contributed by atoms with Crippen molar-refractivity contribution < 1.29 is 24.7 Å². The molecule has 0 heterocycles. The maximum atomic E-state index is 10.9. The number of carboxylic acid groups (broad SMARTS) is 1. The van der Waals surface area contributed by atoms with Crippen molar-refractivity contribution in [3.05, 3.63) is 23.8 Å². The first-order valence-corrected chi connectivity index (χ1v) is 5.33. The van der Waals surface area contributed by atoms with Crippen LogP contribution in [0.4, 0.5) is 0 Å². The Morgan fingerprint density at radius 3 is 2.56 bits per heavy atom. The van der Waals surface area contributed by atoms with Crippen LogP contribution in [-0.2, 0) is 11.2 Å². The number of methoxy groups -OCH3 is 1. The molecule has 0 aliphatic rings. The van der Waals surface area contributed by atoms with Crippen molar-refractivity contribution in [3.63, 3.8) is 0 Å². The van der Waals surface area contributed by atoms with Crippen molar-refractivity contribution in [2.45, 2.75) is 18.9 Å². The molecule has 6 nitrogen and oxygen atoms in total. The zero-order valence-corrected chi connectivity index (χ0v) is 10.3. The molecule has 0 radical (unpaired) electrons. The first-order chi connectivity index (χ1) is 8.27. The fourth-order valence-electron chi connectivity index (χ4n) is 1.60. The summed E-state index contributed by atoms with van der Waals surface area (Å²) in [5.41, 5.74) is 4.99. The van der Waals surface area contributed by atoms with Gasteiger partial charge in [-0.3, -0.25) is 4.79 Å². The SMILES string of the molecule is COc1ccc(C[C@](C)(N)C(=O)O)cc1B(O)O. The van der Waals surface area contributed by atoms with E-state index < -0.39 is 18.6 Å². The van der Waals surface area contributed by atoms with Crippen LogP contribution in [0, 0.1) is 0 Å². The van der Waals surface area contributed by atoms with Crippen LogP contribution in [0.3, 0.4) is 0 Å². The van der Waals surface area contributed by atoms with Crippen molar-refractivity contribution in [1.82, 2.24) is 0 Å². The van der Waals surface area contributed by atoms with E-state index in [9.17, 15) is 14.8 Å². The number of carbonyl (C=O) groups is 1. The summed E-state index contributed by atoms with van der Waals surface area (Å²) in [5, 5.41) is 27.3. The fourth-order valence-corrected chi connectivity index (χ4v) is 1.60. The molecule has 0 fully saturated rings. The number of hydrogen-bond donors (Lipinski definition) is 4. The average Bonchev–Trinajstić information content (AvgIpc) is 2.28. The van der Waals surface area contributed by atoms with Gasteiger partial charge in [0.05, 0.1) is 7.11 Å². The molecule has 0 spiro atoms. The highest BCUT2D eigenvalue weighted by molar-refractivity contribution is 6.59. The van der Waals surface area contributed by atoms with E-state index in [4.69, 9.17) is 15.6 Å². The van der Waals surface area contributed by atoms with Crippen LogP contribution in [0.5, 0.6) is 5.75 Å². The van der Waals surface area contributed by atoms with Crippen molar-refractivity contribution >= 4 is 18.6 Å². The smallest absolute Gasteiger partial charge is 0.492 e. The molecular weight excluding hydrogens is 237 g/mol. The minimum absolute atomic E-state index is 0.0754. The van der Waals surface area contributed by atoms with Crippen molar-refractivity contribution in [2.75, 3.05) is 7.11 Å². The van der Waals surface area contributed by atoms with Crippen LogP contribution in [-0.4, -0.2) is 40.9 Å². The number of rotatable bonds is 5. The minimum Gasteiger partial charge on any atom is -0.497 e. The number of nitrogens with two attached hydrogens (primary N) is 1. The largest absolute Gasteiger partial charge is 0.497 e. The van der Waals surface area contributed by atoms with E-state index >= 15 is 0 Å². The number of aliphatic carboxylic acids is 1. The number of ether oxygens (including phenoxy) is 1. The van der Waals surface area contributed by atoms with Gasteiger partial charge in [-0.25, -0.2) is 0 Å². The van der Waals surface area contributed by atoms with Gasteiger partial charge in [0, 0.05) is 11.9 Å². The van der Waals surface area contributed by atoms with E-state index in [1.165, 1.54) is 20.1 Å². The molecule has 98 valence electrons. The molecule has 0 unspecified atom stereocenters. The average molecular weight is 253 g/mol. The van der Waals surface area contributed by atoms with Crippen molar-refractivity contribution in [1.29, 1.82) is 0 Å². The summed E-state index contributed by atoms with van der Waals surface area (Å²) in [7, 11) is -0.278. The summed E-state index contributed by atoms with van der Waals surface area (Å²) in [5.74, 6) is -0.799. The van der Waals surface area contributed by atoms with E-state index in [-0.39, 0.29) is 11.9 Å². The van der Waals surface area contributed by atoms with Crippen LogP contribution in [0.1, 0.15) is 12.5 Å². The Bertz CT molecular complexity index is 447. The molecule has 0 saturated carbocycles. The minimum atomic E-state index is -1.69. The third-order valence-electron chi connectivity index (χ3n) is 2.63. The summed E-state index contributed by atoms with van der Waals surface area (Å²) in [6, 6.07) is 4.65. The number of benzene rings is 1. The molecule has 0 aliphatic carbocycles. The lowest BCUT2D eigenvalue weighted by molar-refractivity contribution is -0.142. The highest BCUT2D eigenvalue weighted by atomic mass is 16.5. The van der Waals surface area contributed by atoms with Crippen LogP contribution in [0.2, 0.25) is 0 Å². The van der Waals surface area contributed by atoms with E-state index in [0.29, 0.717) is 11.3 Å². The highest BCUT2D eigenvalue weighted by Gasteiger charge is 2.29. The molecule has 5 N–H and O–H groups in total. The molecule has 1 aromatic rings. The van der Waals surface area contributed by atoms with Crippen molar-refractivity contribution in [3.8, 4) is 5.75 Å². The van der Waals surface area contributed by atoms with Gasteiger partial charge in [-0.1, -0.05) is 12.1 Å². The van der Waals surface area contributed by atoms with Gasteiger partial charge in [0.2, 0.25) is 0 Å². The topological polar surface area (TPSA) is 113 Å². The summed E-state index contributed by atoms with van der Waals surface area (Å²) >= 11 is 0. The Morgan fingerprint density at radius 2 is 2.11 bits per heavy atom. The molecular formula is C11H16BNO5. The van der Waals surface area contributed by atoms with Gasteiger partial charge in [0.25, 0.3) is 0 Å². The first kappa shape index (κ1) is 14.5. The van der Waals surface area contributed by atoms with Gasteiger partial charge in [0.1, 0.15) is 11.3 Å². The molecule has 0 saturated heterocycles.